The van der Waals surface area contributed by atoms with Crippen LogP contribution in [0.1, 0.15) is 22.8 Å². The van der Waals surface area contributed by atoms with Crippen LogP contribution in [0.25, 0.3) is 134 Å². The van der Waals surface area contributed by atoms with Gasteiger partial charge in [0.05, 0.1) is 22.8 Å². The van der Waals surface area contributed by atoms with E-state index in [0.717, 1.165) is 122 Å². The Hall–Kier alpha value is -9.42. The molecule has 0 amide bonds. The van der Waals surface area contributed by atoms with Gasteiger partial charge < -0.3 is 22.9 Å². The first-order valence-electron chi connectivity index (χ1n) is 24.0. The minimum atomic E-state index is -1.97. The van der Waals surface area contributed by atoms with Gasteiger partial charge in [0.15, 0.2) is 0 Å². The first kappa shape index (κ1) is 41.5. The molecule has 6 heterocycles. The molecule has 8 heteroatoms. The third-order valence-electron chi connectivity index (χ3n) is 13.6. The van der Waals surface area contributed by atoms with Crippen LogP contribution in [-0.2, 0) is 0 Å². The highest BCUT2D eigenvalue weighted by Crippen LogP contribution is 2.44. The summed E-state index contributed by atoms with van der Waals surface area (Å²) in [5.41, 5.74) is 16.4. The van der Waals surface area contributed by atoms with Gasteiger partial charge in [-0.25, -0.2) is 9.97 Å². The van der Waals surface area contributed by atoms with Crippen LogP contribution in [0.3, 0.4) is 0 Å². The van der Waals surface area contributed by atoms with Crippen LogP contribution in [-0.4, -0.2) is 19.9 Å². The van der Waals surface area contributed by atoms with Crippen molar-refractivity contribution in [3.8, 4) is 50.3 Å². The molecule has 0 spiro atoms. The van der Waals surface area contributed by atoms with E-state index in [0.29, 0.717) is 16.9 Å². The lowest BCUT2D eigenvalue weighted by molar-refractivity contribution is 0.498. The van der Waals surface area contributed by atoms with Gasteiger partial charge in [0.1, 0.15) is 16.9 Å². The predicted molar refractivity (Wildman–Crippen MR) is 298 cm³/mol. The third kappa shape index (κ3) is 7.22. The summed E-state index contributed by atoms with van der Waals surface area (Å²) in [5.74, 6) is 0.592. The Morgan fingerprint density at radius 1 is 0.347 bits per heavy atom. The molecule has 12 aromatic rings. The number of nitrogens with zero attached hydrogens (tertiary/aromatic N) is 2. The van der Waals surface area contributed by atoms with Crippen LogP contribution in [0, 0.1) is 0 Å². The molecule has 0 aliphatic carbocycles. The number of H-pyrrole nitrogens is 2. The summed E-state index contributed by atoms with van der Waals surface area (Å²) in [6.45, 7) is 0. The molecule has 340 valence electrons. The maximum Gasteiger partial charge on any atom is 0.453 e. The Morgan fingerprint density at radius 3 is 1.15 bits per heavy atom. The lowest BCUT2D eigenvalue weighted by atomic mass is 9.99. The first-order valence-corrected chi connectivity index (χ1v) is 25.1. The van der Waals surface area contributed by atoms with Crippen LogP contribution in [0.2, 0.25) is 0 Å². The summed E-state index contributed by atoms with van der Waals surface area (Å²) in [4.78, 5) is 18.7. The second-order valence-electron chi connectivity index (χ2n) is 17.9. The van der Waals surface area contributed by atoms with Gasteiger partial charge in [0.2, 0.25) is 0 Å². The molecule has 0 unspecified atom stereocenters. The molecule has 2 aliphatic rings. The van der Waals surface area contributed by atoms with Gasteiger partial charge >= 0.3 is 8.24 Å². The van der Waals surface area contributed by atoms with Crippen molar-refractivity contribution in [3.05, 3.63) is 235 Å². The Kier molecular flexibility index (Phi) is 9.93. The van der Waals surface area contributed by atoms with Crippen LogP contribution in [0.4, 0.5) is 0 Å². The van der Waals surface area contributed by atoms with E-state index in [-0.39, 0.29) is 0 Å². The van der Waals surface area contributed by atoms with E-state index in [1.54, 1.807) is 0 Å². The number of fused-ring (bicyclic) bond motifs is 15. The molecule has 2 N–H and O–H groups in total. The summed E-state index contributed by atoms with van der Waals surface area (Å²) in [6, 6.07) is 73.2. The lowest BCUT2D eigenvalue weighted by Gasteiger charge is -2.08. The second-order valence-corrected chi connectivity index (χ2v) is 18.9. The smallest absolute Gasteiger partial charge is 0.391 e. The SMILES string of the molecule is C1=Cc2nc1c(-c1ccccc1)c1ccc([nH]1)c(-c1ccccc1)c1nc(c(-c3cccc(Op4oc5ccc6ccccc6c5c5c(ccc6ccccc65)o4)c3)c3ccc([nH]3)c2-c2ccccc2)C=C1. The van der Waals surface area contributed by atoms with Gasteiger partial charge in [0, 0.05) is 55.1 Å². The number of hydrogen-bond acceptors (Lipinski definition) is 5. The fourth-order valence-corrected chi connectivity index (χ4v) is 11.4. The largest absolute Gasteiger partial charge is 0.453 e. The monoisotopic (exact) mass is 944 g/mol. The van der Waals surface area contributed by atoms with Crippen molar-refractivity contribution in [2.75, 3.05) is 0 Å². The standard InChI is InChI=1S/C64H41N4O3P/c1-4-17-42(18-5-1)59-49-29-31-51(65-49)60(43-19-6-2-7-20-43)53-33-35-55(67-53)62(56-36-34-54(68-56)61(44-21-8-3-9-22-44)52-32-30-50(59)66-52)45-23-14-24-46(39-45)69-72-70-57-37-27-40-15-10-12-25-47(40)63(57)64-48-26-13-11-16-41(48)28-38-58(64)71-72/h1-39,65,68H. The lowest BCUT2D eigenvalue weighted by Crippen LogP contribution is -1.90. The molecule has 8 aromatic carbocycles. The first-order chi connectivity index (χ1) is 35.7. The van der Waals surface area contributed by atoms with Crippen molar-refractivity contribution in [1.29, 1.82) is 0 Å². The molecule has 7 nitrogen and oxygen atoms in total. The van der Waals surface area contributed by atoms with Crippen LogP contribution in [0.15, 0.2) is 221 Å². The van der Waals surface area contributed by atoms with Gasteiger partial charge in [-0.05, 0) is 117 Å². The minimum absolute atomic E-state index is 0.592. The summed E-state index contributed by atoms with van der Waals surface area (Å²) >= 11 is 0. The molecule has 0 saturated carbocycles. The summed E-state index contributed by atoms with van der Waals surface area (Å²) in [6.07, 6.45) is 8.49. The van der Waals surface area contributed by atoms with E-state index in [9.17, 15) is 0 Å². The average molecular weight is 945 g/mol. The highest BCUT2D eigenvalue weighted by molar-refractivity contribution is 7.32. The summed E-state index contributed by atoms with van der Waals surface area (Å²) < 4.78 is 20.5. The maximum atomic E-state index is 6.85. The highest BCUT2D eigenvalue weighted by Gasteiger charge is 2.20. The molecule has 4 aromatic heterocycles. The Bertz CT molecular complexity index is 4290. The molecular formula is C64H41N4O3P. The Balaban J connectivity index is 1.02. The molecule has 0 atom stereocenters. The van der Waals surface area contributed by atoms with Gasteiger partial charge in [-0.1, -0.05) is 164 Å². The van der Waals surface area contributed by atoms with Gasteiger partial charge in [0.25, 0.3) is 0 Å². The Morgan fingerprint density at radius 2 is 0.722 bits per heavy atom. The number of aromatic amines is 2. The number of aromatic nitrogens is 4. The zero-order valence-corrected chi connectivity index (χ0v) is 39.5. The Labute approximate surface area is 414 Å². The van der Waals surface area contributed by atoms with E-state index in [1.807, 2.05) is 42.5 Å². The maximum absolute atomic E-state index is 6.85. The second kappa shape index (κ2) is 17.2. The highest BCUT2D eigenvalue weighted by atomic mass is 31.1. The van der Waals surface area contributed by atoms with Crippen molar-refractivity contribution >= 4 is 98.1 Å². The average Bonchev–Trinajstić information content (AvgIpc) is 4.28. The number of hydrogen-bond donors (Lipinski definition) is 2. The van der Waals surface area contributed by atoms with Crippen molar-refractivity contribution in [2.24, 2.45) is 0 Å². The summed E-state index contributed by atoms with van der Waals surface area (Å²) in [7, 11) is -1.97. The molecular weight excluding hydrogens is 904 g/mol. The molecule has 14 rings (SSSR count). The van der Waals surface area contributed by atoms with Crippen molar-refractivity contribution in [1.82, 2.24) is 19.9 Å². The van der Waals surface area contributed by atoms with E-state index in [2.05, 4.69) is 204 Å². The third-order valence-corrected chi connectivity index (χ3v) is 14.7. The van der Waals surface area contributed by atoms with Crippen molar-refractivity contribution < 1.29 is 12.9 Å². The normalized spacial score (nSPS) is 12.1. The van der Waals surface area contributed by atoms with Gasteiger partial charge in [-0.3, -0.25) is 0 Å². The van der Waals surface area contributed by atoms with Gasteiger partial charge in [-0.15, -0.1) is 0 Å². The molecule has 8 bridgehead atoms. The molecule has 72 heavy (non-hydrogen) atoms. The van der Waals surface area contributed by atoms with E-state index in [1.165, 1.54) is 0 Å². The minimum Gasteiger partial charge on any atom is -0.391 e. The van der Waals surface area contributed by atoms with Crippen LogP contribution >= 0.6 is 8.24 Å². The zero-order chi connectivity index (χ0) is 47.5. The van der Waals surface area contributed by atoms with Crippen molar-refractivity contribution in [3.63, 3.8) is 0 Å². The fourth-order valence-electron chi connectivity index (χ4n) is 10.4. The predicted octanol–water partition coefficient (Wildman–Crippen LogP) is 18.1. The van der Waals surface area contributed by atoms with Crippen molar-refractivity contribution in [2.45, 2.75) is 0 Å². The summed E-state index contributed by atoms with van der Waals surface area (Å²) in [5, 5.41) is 6.38. The number of rotatable bonds is 6. The topological polar surface area (TPSA) is 92.9 Å². The van der Waals surface area contributed by atoms with Crippen LogP contribution < -0.4 is 4.52 Å². The van der Waals surface area contributed by atoms with E-state index < -0.39 is 8.24 Å². The number of nitrogens with one attached hydrogen (secondary N) is 2. The van der Waals surface area contributed by atoms with Gasteiger partial charge in [-0.2, -0.15) is 0 Å². The fraction of sp³-hybridized carbons (Fsp3) is 0. The molecule has 2 aliphatic heterocycles. The molecule has 0 saturated heterocycles. The molecule has 0 radical (unpaired) electrons. The zero-order valence-electron chi connectivity index (χ0n) is 38.6. The van der Waals surface area contributed by atoms with Crippen LogP contribution in [0.5, 0.6) is 5.75 Å². The number of benzene rings is 8. The van der Waals surface area contributed by atoms with E-state index in [4.69, 9.17) is 22.9 Å². The quantitative estimate of drug-likeness (QED) is 0.173. The van der Waals surface area contributed by atoms with E-state index >= 15 is 0 Å². The molecule has 0 fully saturated rings.